The minimum atomic E-state index is -0.727. The standard InChI is InChI=1S/C15H16N2O/c16-14(15(17)18)13(11-7-3-1-4-8-11)12-9-5-2-6-10-12/h1-10,13-14H,16H2,(H2,17,18)/t14-/m0/s1. The molecule has 0 aliphatic carbocycles. The van der Waals surface area contributed by atoms with E-state index in [2.05, 4.69) is 0 Å². The van der Waals surface area contributed by atoms with E-state index in [4.69, 9.17) is 11.5 Å². The van der Waals surface area contributed by atoms with Crippen LogP contribution in [0.4, 0.5) is 0 Å². The predicted octanol–water partition coefficient (Wildman–Crippen LogP) is 1.63. The van der Waals surface area contributed by atoms with Crippen LogP contribution in [0.3, 0.4) is 0 Å². The molecule has 0 aliphatic rings. The summed E-state index contributed by atoms with van der Waals surface area (Å²) in [5.41, 5.74) is 13.3. The Bertz CT molecular complexity index is 471. The Hall–Kier alpha value is -2.13. The molecule has 2 aromatic rings. The Kier molecular flexibility index (Phi) is 3.75. The molecule has 92 valence electrons. The fourth-order valence-electron chi connectivity index (χ4n) is 2.09. The van der Waals surface area contributed by atoms with Gasteiger partial charge in [0, 0.05) is 5.92 Å². The molecule has 2 rings (SSSR count). The predicted molar refractivity (Wildman–Crippen MR) is 71.9 cm³/mol. The van der Waals surface area contributed by atoms with E-state index >= 15 is 0 Å². The second-order valence-electron chi connectivity index (χ2n) is 4.23. The van der Waals surface area contributed by atoms with Crippen molar-refractivity contribution in [2.24, 2.45) is 11.5 Å². The molecule has 0 saturated heterocycles. The Morgan fingerprint density at radius 2 is 1.22 bits per heavy atom. The summed E-state index contributed by atoms with van der Waals surface area (Å²) >= 11 is 0. The number of carbonyl (C=O) groups excluding carboxylic acids is 1. The topological polar surface area (TPSA) is 69.1 Å². The molecule has 18 heavy (non-hydrogen) atoms. The van der Waals surface area contributed by atoms with E-state index in [-0.39, 0.29) is 5.92 Å². The first-order valence-electron chi connectivity index (χ1n) is 5.85. The van der Waals surface area contributed by atoms with Gasteiger partial charge in [-0.25, -0.2) is 0 Å². The molecule has 0 radical (unpaired) electrons. The number of primary amides is 1. The van der Waals surface area contributed by atoms with E-state index in [0.29, 0.717) is 0 Å². The number of benzene rings is 2. The zero-order valence-electron chi connectivity index (χ0n) is 9.99. The molecular formula is C15H16N2O. The minimum absolute atomic E-state index is 0.204. The van der Waals surface area contributed by atoms with E-state index in [1.165, 1.54) is 0 Å². The highest BCUT2D eigenvalue weighted by molar-refractivity contribution is 5.81. The normalized spacial score (nSPS) is 12.3. The third-order valence-corrected chi connectivity index (χ3v) is 3.01. The van der Waals surface area contributed by atoms with Gasteiger partial charge >= 0.3 is 0 Å². The summed E-state index contributed by atoms with van der Waals surface area (Å²) in [4.78, 5) is 11.4. The first-order valence-corrected chi connectivity index (χ1v) is 5.85. The molecule has 0 heterocycles. The Labute approximate surface area is 106 Å². The fraction of sp³-hybridized carbons (Fsp3) is 0.133. The van der Waals surface area contributed by atoms with E-state index in [0.717, 1.165) is 11.1 Å². The Morgan fingerprint density at radius 1 is 0.833 bits per heavy atom. The van der Waals surface area contributed by atoms with Gasteiger partial charge < -0.3 is 11.5 Å². The summed E-state index contributed by atoms with van der Waals surface area (Å²) in [6.07, 6.45) is 0. The minimum Gasteiger partial charge on any atom is -0.368 e. The van der Waals surface area contributed by atoms with Crippen molar-refractivity contribution in [2.45, 2.75) is 12.0 Å². The van der Waals surface area contributed by atoms with Gasteiger partial charge in [0.2, 0.25) is 5.91 Å². The van der Waals surface area contributed by atoms with Crippen LogP contribution in [0.2, 0.25) is 0 Å². The van der Waals surface area contributed by atoms with Crippen LogP contribution in [0, 0.1) is 0 Å². The van der Waals surface area contributed by atoms with E-state index in [1.54, 1.807) is 0 Å². The smallest absolute Gasteiger partial charge is 0.235 e. The molecule has 3 heteroatoms. The molecule has 0 saturated carbocycles. The second-order valence-corrected chi connectivity index (χ2v) is 4.23. The summed E-state index contributed by atoms with van der Waals surface area (Å²) in [7, 11) is 0. The molecule has 2 aromatic carbocycles. The number of rotatable bonds is 4. The first kappa shape index (κ1) is 12.3. The van der Waals surface area contributed by atoms with Crippen LogP contribution in [0.1, 0.15) is 17.0 Å². The van der Waals surface area contributed by atoms with Crippen LogP contribution in [0.5, 0.6) is 0 Å². The van der Waals surface area contributed by atoms with Crippen LogP contribution in [-0.4, -0.2) is 11.9 Å². The van der Waals surface area contributed by atoms with E-state index in [9.17, 15) is 4.79 Å². The Balaban J connectivity index is 2.45. The number of carbonyl (C=O) groups is 1. The lowest BCUT2D eigenvalue weighted by molar-refractivity contribution is -0.119. The SMILES string of the molecule is NC(=O)[C@@H](N)C(c1ccccc1)c1ccccc1. The maximum atomic E-state index is 11.4. The maximum absolute atomic E-state index is 11.4. The largest absolute Gasteiger partial charge is 0.368 e. The lowest BCUT2D eigenvalue weighted by Crippen LogP contribution is -2.41. The van der Waals surface area contributed by atoms with Crippen LogP contribution >= 0.6 is 0 Å². The summed E-state index contributed by atoms with van der Waals surface area (Å²) < 4.78 is 0. The van der Waals surface area contributed by atoms with Crippen molar-refractivity contribution in [1.82, 2.24) is 0 Å². The summed E-state index contributed by atoms with van der Waals surface area (Å²) in [5, 5.41) is 0. The molecule has 0 aromatic heterocycles. The fourth-order valence-corrected chi connectivity index (χ4v) is 2.09. The van der Waals surface area contributed by atoms with Crippen molar-refractivity contribution in [3.05, 3.63) is 71.8 Å². The number of nitrogens with two attached hydrogens (primary N) is 2. The lowest BCUT2D eigenvalue weighted by Gasteiger charge is -2.22. The van der Waals surface area contributed by atoms with Gasteiger partial charge in [-0.2, -0.15) is 0 Å². The highest BCUT2D eigenvalue weighted by Gasteiger charge is 2.25. The van der Waals surface area contributed by atoms with Crippen LogP contribution in [0.25, 0.3) is 0 Å². The monoisotopic (exact) mass is 240 g/mol. The summed E-state index contributed by atoms with van der Waals surface area (Å²) in [5.74, 6) is -0.697. The molecule has 3 nitrogen and oxygen atoms in total. The molecule has 0 bridgehead atoms. The highest BCUT2D eigenvalue weighted by atomic mass is 16.1. The van der Waals surface area contributed by atoms with Crippen molar-refractivity contribution in [3.8, 4) is 0 Å². The molecule has 0 unspecified atom stereocenters. The number of amides is 1. The van der Waals surface area contributed by atoms with Gasteiger partial charge in [-0.15, -0.1) is 0 Å². The van der Waals surface area contributed by atoms with Gasteiger partial charge in [-0.05, 0) is 11.1 Å². The average Bonchev–Trinajstić information content (AvgIpc) is 2.41. The van der Waals surface area contributed by atoms with Gasteiger partial charge in [0.1, 0.15) is 0 Å². The maximum Gasteiger partial charge on any atom is 0.235 e. The van der Waals surface area contributed by atoms with Crippen LogP contribution < -0.4 is 11.5 Å². The van der Waals surface area contributed by atoms with Crippen LogP contribution in [0.15, 0.2) is 60.7 Å². The molecule has 1 amide bonds. The van der Waals surface area contributed by atoms with E-state index in [1.807, 2.05) is 60.7 Å². The molecule has 0 fully saturated rings. The number of hydrogen-bond donors (Lipinski definition) is 2. The molecule has 4 N–H and O–H groups in total. The van der Waals surface area contributed by atoms with Gasteiger partial charge in [0.25, 0.3) is 0 Å². The van der Waals surface area contributed by atoms with Crippen molar-refractivity contribution in [1.29, 1.82) is 0 Å². The number of hydrogen-bond acceptors (Lipinski definition) is 2. The van der Waals surface area contributed by atoms with Gasteiger partial charge in [0.05, 0.1) is 6.04 Å². The average molecular weight is 240 g/mol. The van der Waals surface area contributed by atoms with Crippen molar-refractivity contribution in [3.63, 3.8) is 0 Å². The molecular weight excluding hydrogens is 224 g/mol. The van der Waals surface area contributed by atoms with Gasteiger partial charge in [-0.1, -0.05) is 60.7 Å². The van der Waals surface area contributed by atoms with Gasteiger partial charge in [0.15, 0.2) is 0 Å². The molecule has 0 spiro atoms. The molecule has 1 atom stereocenters. The molecule has 0 aliphatic heterocycles. The van der Waals surface area contributed by atoms with Crippen LogP contribution in [-0.2, 0) is 4.79 Å². The zero-order chi connectivity index (χ0) is 13.0. The lowest BCUT2D eigenvalue weighted by atomic mass is 9.85. The zero-order valence-corrected chi connectivity index (χ0v) is 9.99. The first-order chi connectivity index (χ1) is 8.70. The quantitative estimate of drug-likeness (QED) is 0.852. The second kappa shape index (κ2) is 5.47. The van der Waals surface area contributed by atoms with Gasteiger partial charge in [-0.3, -0.25) is 4.79 Å². The van der Waals surface area contributed by atoms with E-state index < -0.39 is 11.9 Å². The summed E-state index contributed by atoms with van der Waals surface area (Å²) in [6.45, 7) is 0. The van der Waals surface area contributed by atoms with Crippen molar-refractivity contribution < 1.29 is 4.79 Å². The summed E-state index contributed by atoms with van der Waals surface area (Å²) in [6, 6.07) is 18.7. The Morgan fingerprint density at radius 3 is 1.56 bits per heavy atom. The third kappa shape index (κ3) is 2.57. The third-order valence-electron chi connectivity index (χ3n) is 3.01. The highest BCUT2D eigenvalue weighted by Crippen LogP contribution is 2.26. The van der Waals surface area contributed by atoms with Crippen molar-refractivity contribution >= 4 is 5.91 Å². The van der Waals surface area contributed by atoms with Crippen molar-refractivity contribution in [2.75, 3.05) is 0 Å².